The monoisotopic (exact) mass is 640 g/mol. The van der Waals surface area contributed by atoms with Gasteiger partial charge in [-0.25, -0.2) is 13.2 Å². The summed E-state index contributed by atoms with van der Waals surface area (Å²) >= 11 is 17.3. The number of hydrogen-bond donors (Lipinski definition) is 2. The molecule has 218 valence electrons. The minimum Gasteiger partial charge on any atom is -0.348 e. The first-order valence-electron chi connectivity index (χ1n) is 11.0. The summed E-state index contributed by atoms with van der Waals surface area (Å²) in [6.45, 7) is -1.04. The highest BCUT2D eigenvalue weighted by Gasteiger charge is 2.52. The second kappa shape index (κ2) is 11.7. The lowest BCUT2D eigenvalue weighted by Gasteiger charge is -2.20. The lowest BCUT2D eigenvalue weighted by molar-refractivity contribution is -0.140. The van der Waals surface area contributed by atoms with E-state index in [0.717, 1.165) is 12.1 Å². The Kier molecular flexibility index (Phi) is 9.32. The lowest BCUT2D eigenvalue weighted by Crippen LogP contribution is -2.50. The van der Waals surface area contributed by atoms with Crippen molar-refractivity contribution < 1.29 is 49.1 Å². The zero-order chi connectivity index (χ0) is 30.2. The van der Waals surface area contributed by atoms with Crippen molar-refractivity contribution >= 4 is 52.4 Å². The molecule has 0 aromatic heterocycles. The van der Waals surface area contributed by atoms with Crippen LogP contribution in [0.4, 0.5) is 39.5 Å². The van der Waals surface area contributed by atoms with Gasteiger partial charge in [0.2, 0.25) is 5.91 Å². The smallest absolute Gasteiger partial charge is 0.348 e. The van der Waals surface area contributed by atoms with Crippen LogP contribution in [0.15, 0.2) is 36.4 Å². The minimum absolute atomic E-state index is 0.0116. The van der Waals surface area contributed by atoms with Gasteiger partial charge in [0.15, 0.2) is 0 Å². The van der Waals surface area contributed by atoms with Crippen molar-refractivity contribution in [3.05, 3.63) is 73.7 Å². The summed E-state index contributed by atoms with van der Waals surface area (Å²) in [5.41, 5.74) is -6.08. The molecule has 1 aliphatic carbocycles. The van der Waals surface area contributed by atoms with Gasteiger partial charge in [-0.15, -0.1) is 0 Å². The molecule has 0 spiro atoms. The van der Waals surface area contributed by atoms with Gasteiger partial charge in [0, 0.05) is 5.56 Å². The average Bonchev–Trinajstić information content (AvgIpc) is 3.62. The van der Waals surface area contributed by atoms with Gasteiger partial charge < -0.3 is 10.6 Å². The van der Waals surface area contributed by atoms with E-state index < -0.39 is 76.7 Å². The molecule has 0 radical (unpaired) electrons. The summed E-state index contributed by atoms with van der Waals surface area (Å²) in [6.07, 6.45) is -13.4. The van der Waals surface area contributed by atoms with Crippen LogP contribution >= 0.6 is 34.8 Å². The molecule has 2 amide bonds. The van der Waals surface area contributed by atoms with Crippen LogP contribution in [0.1, 0.15) is 45.8 Å². The largest absolute Gasteiger partial charge is 0.417 e. The number of hydrogen-bond acceptors (Lipinski definition) is 2. The molecule has 1 saturated carbocycles. The van der Waals surface area contributed by atoms with E-state index in [0.29, 0.717) is 12.1 Å². The molecular formula is C24H16Cl3F9N2O2. The predicted octanol–water partition coefficient (Wildman–Crippen LogP) is 7.97. The van der Waals surface area contributed by atoms with E-state index in [1.165, 1.54) is 0 Å². The van der Waals surface area contributed by atoms with Crippen molar-refractivity contribution in [2.75, 3.05) is 6.54 Å². The molecule has 1 aliphatic rings. The third-order valence-electron chi connectivity index (χ3n) is 5.83. The SMILES string of the molecule is O=C(NC1(C(=O)NCC(F)F)CC1)c1ccc(C(F)=CC(c2cc(Cl)c(Cl)c(Cl)c2)C(F)(F)F)cc1C(F)(F)F. The van der Waals surface area contributed by atoms with Crippen molar-refractivity contribution in [2.24, 2.45) is 0 Å². The lowest BCUT2D eigenvalue weighted by atomic mass is 9.95. The van der Waals surface area contributed by atoms with Crippen LogP contribution in [0.3, 0.4) is 0 Å². The molecule has 0 heterocycles. The Hall–Kier alpha value is -2.64. The van der Waals surface area contributed by atoms with E-state index in [-0.39, 0.29) is 40.1 Å². The third kappa shape index (κ3) is 7.35. The fourth-order valence-corrected chi connectivity index (χ4v) is 4.27. The average molecular weight is 642 g/mol. The predicted molar refractivity (Wildman–Crippen MR) is 129 cm³/mol. The van der Waals surface area contributed by atoms with Crippen LogP contribution in [0.2, 0.25) is 15.1 Å². The molecule has 1 fully saturated rings. The van der Waals surface area contributed by atoms with E-state index in [1.807, 2.05) is 5.32 Å². The number of alkyl halides is 8. The molecule has 40 heavy (non-hydrogen) atoms. The Morgan fingerprint density at radius 2 is 1.55 bits per heavy atom. The van der Waals surface area contributed by atoms with Crippen molar-refractivity contribution in [3.63, 3.8) is 0 Å². The maximum atomic E-state index is 15.0. The van der Waals surface area contributed by atoms with E-state index >= 15 is 4.39 Å². The quantitative estimate of drug-likeness (QED) is 0.227. The van der Waals surface area contributed by atoms with Crippen LogP contribution in [0, 0.1) is 0 Å². The molecule has 0 bridgehead atoms. The maximum absolute atomic E-state index is 15.0. The summed E-state index contributed by atoms with van der Waals surface area (Å²) in [5, 5.41) is 2.92. The van der Waals surface area contributed by atoms with Crippen molar-refractivity contribution in [1.82, 2.24) is 10.6 Å². The second-order valence-corrected chi connectivity index (χ2v) is 9.92. The number of benzene rings is 2. The van der Waals surface area contributed by atoms with Gasteiger partial charge in [-0.1, -0.05) is 40.9 Å². The number of halogens is 12. The molecule has 2 N–H and O–H groups in total. The maximum Gasteiger partial charge on any atom is 0.417 e. The molecule has 2 aromatic rings. The molecule has 1 atom stereocenters. The number of allylic oxidation sites excluding steroid dienone is 1. The van der Waals surface area contributed by atoms with Gasteiger partial charge in [-0.05, 0) is 48.7 Å². The summed E-state index contributed by atoms with van der Waals surface area (Å²) < 4.78 is 122. The van der Waals surface area contributed by atoms with Crippen molar-refractivity contribution in [2.45, 2.75) is 43.1 Å². The molecule has 1 unspecified atom stereocenters. The normalized spacial score (nSPS) is 16.1. The second-order valence-electron chi connectivity index (χ2n) is 8.73. The molecule has 0 aliphatic heterocycles. The van der Waals surface area contributed by atoms with Gasteiger partial charge in [0.05, 0.1) is 32.7 Å². The van der Waals surface area contributed by atoms with Gasteiger partial charge in [-0.2, -0.15) is 26.3 Å². The third-order valence-corrected chi connectivity index (χ3v) is 7.03. The molecule has 4 nitrogen and oxygen atoms in total. The van der Waals surface area contributed by atoms with Crippen LogP contribution in [0.25, 0.3) is 5.83 Å². The Labute approximate surface area is 235 Å². The van der Waals surface area contributed by atoms with Gasteiger partial charge in [0.25, 0.3) is 12.3 Å². The van der Waals surface area contributed by atoms with Crippen LogP contribution in [-0.2, 0) is 11.0 Å². The van der Waals surface area contributed by atoms with Crippen LogP contribution < -0.4 is 10.6 Å². The Morgan fingerprint density at radius 1 is 0.975 bits per heavy atom. The number of nitrogens with one attached hydrogen (secondary N) is 2. The standard InChI is InChI=1S/C24H16Cl3F9N2O2/c25-15-6-11(7-16(26)19(15)27)13(23(31,32)33)8-17(28)10-1-2-12(14(5-10)24(34,35)36)20(39)38-22(3-4-22)21(40)37-9-18(29)30/h1-2,5-8,13,18H,3-4,9H2,(H,37,40)(H,38,39). The molecule has 2 aromatic carbocycles. The first-order valence-corrected chi connectivity index (χ1v) is 12.2. The zero-order valence-electron chi connectivity index (χ0n) is 19.6. The first-order chi connectivity index (χ1) is 18.4. The van der Waals surface area contributed by atoms with Crippen LogP contribution in [-0.4, -0.2) is 36.5 Å². The fraction of sp³-hybridized carbons (Fsp3) is 0.333. The highest BCUT2D eigenvalue weighted by molar-refractivity contribution is 6.48. The number of carbonyl (C=O) groups excluding carboxylic acids is 2. The number of carbonyl (C=O) groups is 2. The number of amides is 2. The minimum atomic E-state index is -5.28. The van der Waals surface area contributed by atoms with E-state index in [9.17, 15) is 44.7 Å². The zero-order valence-corrected chi connectivity index (χ0v) is 21.9. The summed E-state index contributed by atoms with van der Waals surface area (Å²) in [5.74, 6) is -6.86. The van der Waals surface area contributed by atoms with E-state index in [1.54, 1.807) is 0 Å². The van der Waals surface area contributed by atoms with Gasteiger partial charge >= 0.3 is 12.4 Å². The Bertz CT molecular complexity index is 1320. The van der Waals surface area contributed by atoms with E-state index in [4.69, 9.17) is 34.8 Å². The van der Waals surface area contributed by atoms with Crippen molar-refractivity contribution in [1.29, 1.82) is 0 Å². The Balaban J connectivity index is 1.97. The van der Waals surface area contributed by atoms with Gasteiger partial charge in [0.1, 0.15) is 17.3 Å². The highest BCUT2D eigenvalue weighted by Crippen LogP contribution is 2.43. The summed E-state index contributed by atoms with van der Waals surface area (Å²) in [6, 6.07) is 2.84. The topological polar surface area (TPSA) is 58.2 Å². The summed E-state index contributed by atoms with van der Waals surface area (Å²) in [7, 11) is 0. The fourth-order valence-electron chi connectivity index (χ4n) is 3.66. The van der Waals surface area contributed by atoms with Crippen LogP contribution in [0.5, 0.6) is 0 Å². The molecule has 0 saturated heterocycles. The van der Waals surface area contributed by atoms with Gasteiger partial charge in [-0.3, -0.25) is 9.59 Å². The number of rotatable bonds is 8. The highest BCUT2D eigenvalue weighted by atomic mass is 35.5. The van der Waals surface area contributed by atoms with E-state index in [2.05, 4.69) is 5.32 Å². The first kappa shape index (κ1) is 31.9. The molecular weight excluding hydrogens is 626 g/mol. The Morgan fingerprint density at radius 3 is 2.02 bits per heavy atom. The summed E-state index contributed by atoms with van der Waals surface area (Å²) in [4.78, 5) is 24.8. The molecule has 3 rings (SSSR count). The molecule has 16 heteroatoms. The van der Waals surface area contributed by atoms with Crippen molar-refractivity contribution in [3.8, 4) is 0 Å².